The maximum Gasteiger partial charge on any atom is 0.193 e. The van der Waals surface area contributed by atoms with Crippen LogP contribution in [0.5, 0.6) is 0 Å². The van der Waals surface area contributed by atoms with E-state index in [1.807, 2.05) is 18.5 Å². The zero-order valence-electron chi connectivity index (χ0n) is 9.97. The molecule has 0 saturated carbocycles. The number of fused-ring (bicyclic) bond motifs is 1. The van der Waals surface area contributed by atoms with E-state index in [9.17, 15) is 5.11 Å². The van der Waals surface area contributed by atoms with Crippen LogP contribution in [0.25, 0.3) is 4.96 Å². The summed E-state index contributed by atoms with van der Waals surface area (Å²) in [4.78, 5) is 5.61. The Bertz CT molecular complexity index is 442. The topological polar surface area (TPSA) is 37.5 Å². The second-order valence-electron chi connectivity index (χ2n) is 5.22. The normalized spacial score (nSPS) is 14.5. The summed E-state index contributed by atoms with van der Waals surface area (Å²) in [6.07, 6.45) is 5.57. The Morgan fingerprint density at radius 3 is 2.94 bits per heavy atom. The van der Waals surface area contributed by atoms with Crippen LogP contribution in [-0.2, 0) is 6.42 Å². The van der Waals surface area contributed by atoms with Gasteiger partial charge in [0.1, 0.15) is 0 Å². The van der Waals surface area contributed by atoms with Crippen LogP contribution < -0.4 is 0 Å². The van der Waals surface area contributed by atoms with Gasteiger partial charge in [0.2, 0.25) is 0 Å². The summed E-state index contributed by atoms with van der Waals surface area (Å²) in [6.45, 7) is 6.19. The summed E-state index contributed by atoms with van der Waals surface area (Å²) < 4.78 is 2.05. The maximum absolute atomic E-state index is 9.44. The lowest BCUT2D eigenvalue weighted by molar-refractivity contribution is 0.129. The molecule has 3 nitrogen and oxygen atoms in total. The highest BCUT2D eigenvalue weighted by molar-refractivity contribution is 7.15. The van der Waals surface area contributed by atoms with Crippen LogP contribution in [0.2, 0.25) is 0 Å². The lowest BCUT2D eigenvalue weighted by Crippen LogP contribution is -2.21. The van der Waals surface area contributed by atoms with Crippen molar-refractivity contribution in [1.29, 1.82) is 0 Å². The molecule has 0 radical (unpaired) electrons. The summed E-state index contributed by atoms with van der Waals surface area (Å²) >= 11 is 1.65. The minimum absolute atomic E-state index is 0.0954. The molecule has 4 heteroatoms. The molecular weight excluding hydrogens is 220 g/mol. The van der Waals surface area contributed by atoms with Gasteiger partial charge in [0.05, 0.1) is 11.8 Å². The van der Waals surface area contributed by atoms with Crippen LogP contribution in [0.1, 0.15) is 32.9 Å². The van der Waals surface area contributed by atoms with Gasteiger partial charge in [-0.2, -0.15) is 0 Å². The van der Waals surface area contributed by atoms with Crippen molar-refractivity contribution in [2.75, 3.05) is 0 Å². The minimum Gasteiger partial charge on any atom is -0.393 e. The van der Waals surface area contributed by atoms with Crippen molar-refractivity contribution in [2.24, 2.45) is 5.41 Å². The lowest BCUT2D eigenvalue weighted by atomic mass is 9.83. The molecule has 16 heavy (non-hydrogen) atoms. The van der Waals surface area contributed by atoms with Gasteiger partial charge in [-0.1, -0.05) is 13.8 Å². The quantitative estimate of drug-likeness (QED) is 0.889. The second kappa shape index (κ2) is 4.18. The molecule has 0 spiro atoms. The summed E-state index contributed by atoms with van der Waals surface area (Å²) in [5.41, 5.74) is 1.20. The van der Waals surface area contributed by atoms with Crippen molar-refractivity contribution >= 4 is 16.3 Å². The Hall–Kier alpha value is -0.870. The van der Waals surface area contributed by atoms with Gasteiger partial charge in [-0.3, -0.25) is 4.40 Å². The molecule has 2 rings (SSSR count). The summed E-state index contributed by atoms with van der Waals surface area (Å²) in [5.74, 6) is 0. The molecule has 1 unspecified atom stereocenters. The monoisotopic (exact) mass is 238 g/mol. The number of hydrogen-bond acceptors (Lipinski definition) is 3. The molecule has 2 heterocycles. The van der Waals surface area contributed by atoms with Crippen LogP contribution in [0.4, 0.5) is 0 Å². The van der Waals surface area contributed by atoms with Gasteiger partial charge < -0.3 is 5.11 Å². The average Bonchev–Trinajstić information content (AvgIpc) is 2.58. The molecule has 0 aliphatic rings. The minimum atomic E-state index is -0.251. The predicted molar refractivity (Wildman–Crippen MR) is 66.9 cm³/mol. The molecule has 2 aromatic heterocycles. The Kier molecular flexibility index (Phi) is 3.04. The molecule has 1 atom stereocenters. The van der Waals surface area contributed by atoms with Crippen LogP contribution in [0.15, 0.2) is 17.8 Å². The first-order valence-electron chi connectivity index (χ1n) is 5.55. The number of rotatable bonds is 4. The lowest BCUT2D eigenvalue weighted by Gasteiger charge is -2.24. The average molecular weight is 238 g/mol. The van der Waals surface area contributed by atoms with Crippen LogP contribution in [0.3, 0.4) is 0 Å². The zero-order chi connectivity index (χ0) is 11.8. The van der Waals surface area contributed by atoms with Crippen molar-refractivity contribution in [3.8, 4) is 0 Å². The van der Waals surface area contributed by atoms with Gasteiger partial charge in [-0.15, -0.1) is 11.3 Å². The van der Waals surface area contributed by atoms with Gasteiger partial charge in [-0.05, 0) is 25.2 Å². The molecule has 0 aromatic carbocycles. The number of thiazole rings is 1. The number of aromatic nitrogens is 2. The van der Waals surface area contributed by atoms with Crippen LogP contribution in [-0.4, -0.2) is 20.6 Å². The Balaban J connectivity index is 2.12. The second-order valence-corrected chi connectivity index (χ2v) is 6.09. The SMILES string of the molecule is CC(O)CC(C)(C)Cc1cn2ccsc2n1. The largest absolute Gasteiger partial charge is 0.393 e. The van der Waals surface area contributed by atoms with Gasteiger partial charge in [0, 0.05) is 17.8 Å². The van der Waals surface area contributed by atoms with E-state index in [1.165, 1.54) is 0 Å². The Labute approximate surface area is 99.8 Å². The van der Waals surface area contributed by atoms with Crippen molar-refractivity contribution < 1.29 is 5.11 Å². The van der Waals surface area contributed by atoms with Gasteiger partial charge in [0.15, 0.2) is 4.96 Å². The first-order chi connectivity index (χ1) is 7.46. The summed E-state index contributed by atoms with van der Waals surface area (Å²) in [6, 6.07) is 0. The molecule has 0 saturated heterocycles. The Morgan fingerprint density at radius 2 is 2.31 bits per heavy atom. The number of nitrogens with zero attached hydrogens (tertiary/aromatic N) is 2. The van der Waals surface area contributed by atoms with Gasteiger partial charge in [-0.25, -0.2) is 4.98 Å². The van der Waals surface area contributed by atoms with E-state index in [2.05, 4.69) is 29.4 Å². The third-order valence-corrected chi connectivity index (χ3v) is 3.42. The maximum atomic E-state index is 9.44. The fourth-order valence-electron chi connectivity index (χ4n) is 2.22. The standard InChI is InChI=1S/C12H18N2OS/c1-9(15)6-12(2,3)7-10-8-14-4-5-16-11(14)13-10/h4-5,8-9,15H,6-7H2,1-3H3. The summed E-state index contributed by atoms with van der Waals surface area (Å²) in [5, 5.41) is 11.5. The first-order valence-corrected chi connectivity index (χ1v) is 6.43. The highest BCUT2D eigenvalue weighted by Gasteiger charge is 2.22. The van der Waals surface area contributed by atoms with E-state index < -0.39 is 0 Å². The van der Waals surface area contributed by atoms with Crippen LogP contribution in [0, 0.1) is 5.41 Å². The highest BCUT2D eigenvalue weighted by Crippen LogP contribution is 2.27. The molecule has 2 aromatic rings. The van der Waals surface area contributed by atoms with E-state index in [0.29, 0.717) is 0 Å². The van der Waals surface area contributed by atoms with E-state index in [4.69, 9.17) is 0 Å². The molecule has 0 bridgehead atoms. The summed E-state index contributed by atoms with van der Waals surface area (Å²) in [7, 11) is 0. The van der Waals surface area contributed by atoms with Crippen molar-refractivity contribution in [3.05, 3.63) is 23.5 Å². The Morgan fingerprint density at radius 1 is 1.56 bits per heavy atom. The molecule has 1 N–H and O–H groups in total. The number of imidazole rings is 1. The number of hydrogen-bond donors (Lipinski definition) is 1. The first kappa shape index (κ1) is 11.6. The van der Waals surface area contributed by atoms with E-state index >= 15 is 0 Å². The van der Waals surface area contributed by atoms with Crippen molar-refractivity contribution in [1.82, 2.24) is 9.38 Å². The fourth-order valence-corrected chi connectivity index (χ4v) is 2.94. The molecule has 88 valence electrons. The smallest absolute Gasteiger partial charge is 0.193 e. The van der Waals surface area contributed by atoms with Crippen molar-refractivity contribution in [2.45, 2.75) is 39.7 Å². The molecule has 0 aliphatic heterocycles. The highest BCUT2D eigenvalue weighted by atomic mass is 32.1. The van der Waals surface area contributed by atoms with Gasteiger partial charge >= 0.3 is 0 Å². The number of aliphatic hydroxyl groups is 1. The fraction of sp³-hybridized carbons (Fsp3) is 0.583. The van der Waals surface area contributed by atoms with Crippen LogP contribution >= 0.6 is 11.3 Å². The molecule has 0 amide bonds. The molecule has 0 aliphatic carbocycles. The molecular formula is C12H18N2OS. The van der Waals surface area contributed by atoms with Crippen molar-refractivity contribution in [3.63, 3.8) is 0 Å². The van der Waals surface area contributed by atoms with Gasteiger partial charge in [0.25, 0.3) is 0 Å². The zero-order valence-corrected chi connectivity index (χ0v) is 10.8. The van der Waals surface area contributed by atoms with E-state index in [1.54, 1.807) is 11.3 Å². The predicted octanol–water partition coefficient (Wildman–Crippen LogP) is 2.74. The van der Waals surface area contributed by atoms with E-state index in [0.717, 1.165) is 23.5 Å². The number of aliphatic hydroxyl groups excluding tert-OH is 1. The third kappa shape index (κ3) is 2.62. The van der Waals surface area contributed by atoms with E-state index in [-0.39, 0.29) is 11.5 Å². The molecule has 0 fully saturated rings. The third-order valence-electron chi connectivity index (χ3n) is 2.65.